The molecule has 1 fully saturated rings. The van der Waals surface area contributed by atoms with Gasteiger partial charge in [-0.1, -0.05) is 13.3 Å². The number of hydrogen-bond donors (Lipinski definition) is 1. The Morgan fingerprint density at radius 3 is 2.38 bits per heavy atom. The Bertz CT molecular complexity index is 631. The van der Waals surface area contributed by atoms with E-state index in [2.05, 4.69) is 6.92 Å². The SMILES string of the molecule is CCC1CCC(S(=O)(=O)c2ccc(C(=O)O)cc2F)CC1. The van der Waals surface area contributed by atoms with Crippen molar-refractivity contribution in [3.05, 3.63) is 29.6 Å². The van der Waals surface area contributed by atoms with Gasteiger partial charge in [-0.25, -0.2) is 17.6 Å². The molecule has 0 atom stereocenters. The quantitative estimate of drug-likeness (QED) is 0.926. The van der Waals surface area contributed by atoms with Crippen LogP contribution in [-0.2, 0) is 9.84 Å². The van der Waals surface area contributed by atoms with Crippen LogP contribution in [0.3, 0.4) is 0 Å². The van der Waals surface area contributed by atoms with Crippen LogP contribution >= 0.6 is 0 Å². The highest BCUT2D eigenvalue weighted by Crippen LogP contribution is 2.34. The largest absolute Gasteiger partial charge is 0.478 e. The summed E-state index contributed by atoms with van der Waals surface area (Å²) in [7, 11) is -3.73. The van der Waals surface area contributed by atoms with Crippen molar-refractivity contribution >= 4 is 15.8 Å². The third-order valence-corrected chi connectivity index (χ3v) is 6.59. The predicted octanol–water partition coefficient (Wildman–Crippen LogP) is 3.27. The molecule has 1 aliphatic carbocycles. The minimum absolute atomic E-state index is 0.249. The Morgan fingerprint density at radius 1 is 1.29 bits per heavy atom. The highest BCUT2D eigenvalue weighted by Gasteiger charge is 2.33. The lowest BCUT2D eigenvalue weighted by Gasteiger charge is -2.27. The van der Waals surface area contributed by atoms with Gasteiger partial charge in [-0.3, -0.25) is 0 Å². The van der Waals surface area contributed by atoms with Gasteiger partial charge in [0.25, 0.3) is 0 Å². The first-order chi connectivity index (χ1) is 9.86. The zero-order valence-electron chi connectivity index (χ0n) is 11.9. The highest BCUT2D eigenvalue weighted by molar-refractivity contribution is 7.92. The lowest BCUT2D eigenvalue weighted by atomic mass is 9.87. The van der Waals surface area contributed by atoms with Crippen LogP contribution in [0.1, 0.15) is 49.4 Å². The molecule has 0 aliphatic heterocycles. The molecule has 0 amide bonds. The molecular formula is C15H19FO4S. The molecule has 1 N–H and O–H groups in total. The first-order valence-corrected chi connectivity index (χ1v) is 8.67. The summed E-state index contributed by atoms with van der Waals surface area (Å²) in [5.74, 6) is -1.70. The second-order valence-corrected chi connectivity index (χ2v) is 7.74. The number of aromatic carboxylic acids is 1. The lowest BCUT2D eigenvalue weighted by molar-refractivity contribution is 0.0696. The molecule has 6 heteroatoms. The standard InChI is InChI=1S/C15H19FO4S/c1-2-10-3-6-12(7-4-10)21(19,20)14-8-5-11(15(17)18)9-13(14)16/h5,8-10,12H,2-4,6-7H2,1H3,(H,17,18). The van der Waals surface area contributed by atoms with E-state index in [9.17, 15) is 17.6 Å². The molecule has 21 heavy (non-hydrogen) atoms. The molecule has 1 aromatic rings. The second kappa shape index (κ2) is 6.13. The molecule has 0 spiro atoms. The number of rotatable bonds is 4. The normalized spacial score (nSPS) is 23.0. The molecule has 0 unspecified atom stereocenters. The van der Waals surface area contributed by atoms with Gasteiger partial charge in [0.05, 0.1) is 10.8 Å². The Morgan fingerprint density at radius 2 is 1.90 bits per heavy atom. The van der Waals surface area contributed by atoms with E-state index in [0.29, 0.717) is 18.8 Å². The third kappa shape index (κ3) is 3.26. The Balaban J connectivity index is 2.26. The maximum atomic E-state index is 14.0. The van der Waals surface area contributed by atoms with Crippen LogP contribution in [0.5, 0.6) is 0 Å². The topological polar surface area (TPSA) is 71.4 Å². The van der Waals surface area contributed by atoms with E-state index in [1.807, 2.05) is 0 Å². The maximum absolute atomic E-state index is 14.0. The molecule has 4 nitrogen and oxygen atoms in total. The van der Waals surface area contributed by atoms with E-state index in [4.69, 9.17) is 5.11 Å². The van der Waals surface area contributed by atoms with Gasteiger partial charge in [0.1, 0.15) is 10.7 Å². The van der Waals surface area contributed by atoms with Crippen LogP contribution in [-0.4, -0.2) is 24.7 Å². The zero-order chi connectivity index (χ0) is 15.6. The fourth-order valence-corrected chi connectivity index (χ4v) is 4.73. The molecule has 1 aliphatic rings. The van der Waals surface area contributed by atoms with E-state index < -0.39 is 26.9 Å². The highest BCUT2D eigenvalue weighted by atomic mass is 32.2. The summed E-state index contributed by atoms with van der Waals surface area (Å²) in [5.41, 5.74) is -0.249. The summed E-state index contributed by atoms with van der Waals surface area (Å²) in [4.78, 5) is 10.4. The lowest BCUT2D eigenvalue weighted by Crippen LogP contribution is -2.27. The number of sulfone groups is 1. The fraction of sp³-hybridized carbons (Fsp3) is 0.533. The summed E-state index contributed by atoms with van der Waals surface area (Å²) in [6.45, 7) is 2.09. The molecule has 1 aromatic carbocycles. The van der Waals surface area contributed by atoms with Gasteiger partial charge >= 0.3 is 5.97 Å². The van der Waals surface area contributed by atoms with Gasteiger partial charge in [0, 0.05) is 0 Å². The third-order valence-electron chi connectivity index (χ3n) is 4.30. The molecular weight excluding hydrogens is 295 g/mol. The van der Waals surface area contributed by atoms with Crippen molar-refractivity contribution in [3.8, 4) is 0 Å². The van der Waals surface area contributed by atoms with Gasteiger partial charge in [-0.15, -0.1) is 0 Å². The van der Waals surface area contributed by atoms with Crippen molar-refractivity contribution in [2.24, 2.45) is 5.92 Å². The second-order valence-electron chi connectivity index (χ2n) is 5.55. The minimum atomic E-state index is -3.73. The molecule has 0 aromatic heterocycles. The summed E-state index contributed by atoms with van der Waals surface area (Å²) in [5, 5.41) is 8.23. The predicted molar refractivity (Wildman–Crippen MR) is 76.6 cm³/mol. The Hall–Kier alpha value is -1.43. The van der Waals surface area contributed by atoms with Crippen molar-refractivity contribution in [1.29, 1.82) is 0 Å². The molecule has 0 saturated heterocycles. The average molecular weight is 314 g/mol. The number of benzene rings is 1. The van der Waals surface area contributed by atoms with Crippen molar-refractivity contribution in [2.75, 3.05) is 0 Å². The number of hydrogen-bond acceptors (Lipinski definition) is 3. The van der Waals surface area contributed by atoms with Crippen molar-refractivity contribution in [1.82, 2.24) is 0 Å². The zero-order valence-corrected chi connectivity index (χ0v) is 12.7. The monoisotopic (exact) mass is 314 g/mol. The molecule has 0 bridgehead atoms. The van der Waals surface area contributed by atoms with Crippen LogP contribution in [0.25, 0.3) is 0 Å². The summed E-state index contributed by atoms with van der Waals surface area (Å²) >= 11 is 0. The Labute approximate surface area is 123 Å². The molecule has 0 radical (unpaired) electrons. The van der Waals surface area contributed by atoms with Crippen LogP contribution in [0, 0.1) is 11.7 Å². The minimum Gasteiger partial charge on any atom is -0.478 e. The summed E-state index contributed by atoms with van der Waals surface area (Å²) in [6.07, 6.45) is 3.81. The average Bonchev–Trinajstić information content (AvgIpc) is 2.46. The van der Waals surface area contributed by atoms with E-state index in [1.165, 1.54) is 0 Å². The van der Waals surface area contributed by atoms with Crippen LogP contribution < -0.4 is 0 Å². The molecule has 116 valence electrons. The van der Waals surface area contributed by atoms with Crippen LogP contribution in [0.4, 0.5) is 4.39 Å². The Kier molecular flexibility index (Phi) is 4.66. The van der Waals surface area contributed by atoms with Crippen molar-refractivity contribution in [2.45, 2.75) is 49.2 Å². The van der Waals surface area contributed by atoms with Gasteiger partial charge in [0.15, 0.2) is 9.84 Å². The summed E-state index contributed by atoms with van der Waals surface area (Å²) in [6, 6.07) is 2.98. The number of carboxylic acids is 1. The van der Waals surface area contributed by atoms with Crippen molar-refractivity contribution in [3.63, 3.8) is 0 Å². The van der Waals surface area contributed by atoms with Gasteiger partial charge in [-0.05, 0) is 49.8 Å². The van der Waals surface area contributed by atoms with E-state index in [0.717, 1.165) is 37.5 Å². The smallest absolute Gasteiger partial charge is 0.335 e. The van der Waals surface area contributed by atoms with E-state index in [1.54, 1.807) is 0 Å². The van der Waals surface area contributed by atoms with Crippen LogP contribution in [0.15, 0.2) is 23.1 Å². The van der Waals surface area contributed by atoms with Crippen LogP contribution in [0.2, 0.25) is 0 Å². The maximum Gasteiger partial charge on any atom is 0.335 e. The van der Waals surface area contributed by atoms with E-state index in [-0.39, 0.29) is 10.5 Å². The van der Waals surface area contributed by atoms with Gasteiger partial charge < -0.3 is 5.11 Å². The first kappa shape index (κ1) is 15.9. The van der Waals surface area contributed by atoms with Gasteiger partial charge in [-0.2, -0.15) is 0 Å². The van der Waals surface area contributed by atoms with Crippen molar-refractivity contribution < 1.29 is 22.7 Å². The molecule has 1 saturated carbocycles. The number of carbonyl (C=O) groups is 1. The first-order valence-electron chi connectivity index (χ1n) is 7.13. The fourth-order valence-electron chi connectivity index (χ4n) is 2.89. The van der Waals surface area contributed by atoms with E-state index >= 15 is 0 Å². The molecule has 0 heterocycles. The number of carboxylic acid groups (broad SMARTS) is 1. The summed E-state index contributed by atoms with van der Waals surface area (Å²) < 4.78 is 39.0. The number of halogens is 1. The molecule has 2 rings (SSSR count). The van der Waals surface area contributed by atoms with Gasteiger partial charge in [0.2, 0.25) is 0 Å².